The van der Waals surface area contributed by atoms with Crippen molar-refractivity contribution in [3.8, 4) is 0 Å². The number of anilines is 2. The van der Waals surface area contributed by atoms with E-state index in [9.17, 15) is 21.6 Å². The lowest BCUT2D eigenvalue weighted by Crippen LogP contribution is -2.33. The molecular formula is C16H18ClF3N4O4S2. The molecule has 1 saturated heterocycles. The van der Waals surface area contributed by atoms with Gasteiger partial charge in [-0.2, -0.15) is 13.2 Å². The molecule has 14 heteroatoms. The standard InChI is InChI=1S/C14H17ClN4O2S2.C2HF3O2/c1-19(10-4-5-16-7-10)13-3-2-11(6-12(13)15)23(20,21)18-14-8-22-9-17-14;3-2(4,5)1(6)7/h2-3,6,8-10,16,18H,4-5,7H2,1H3;(H,6,7). The minimum absolute atomic E-state index is 0.122. The number of alkyl halides is 3. The molecule has 1 fully saturated rings. The van der Waals surface area contributed by atoms with Gasteiger partial charge in [0.1, 0.15) is 0 Å². The predicted octanol–water partition coefficient (Wildman–Crippen LogP) is 3.03. The molecule has 0 amide bonds. The van der Waals surface area contributed by atoms with Crippen LogP contribution < -0.4 is 14.9 Å². The van der Waals surface area contributed by atoms with E-state index in [-0.39, 0.29) is 4.90 Å². The van der Waals surface area contributed by atoms with E-state index in [2.05, 4.69) is 19.9 Å². The maximum absolute atomic E-state index is 12.4. The summed E-state index contributed by atoms with van der Waals surface area (Å²) in [6.45, 7) is 1.88. The zero-order valence-electron chi connectivity index (χ0n) is 15.5. The highest BCUT2D eigenvalue weighted by molar-refractivity contribution is 7.92. The van der Waals surface area contributed by atoms with Crippen LogP contribution >= 0.6 is 22.9 Å². The summed E-state index contributed by atoms with van der Waals surface area (Å²) in [4.78, 5) is 15.0. The third-order valence-electron chi connectivity index (χ3n) is 4.11. The van der Waals surface area contributed by atoms with E-state index >= 15 is 0 Å². The summed E-state index contributed by atoms with van der Waals surface area (Å²) in [5, 5.41) is 12.5. The third kappa shape index (κ3) is 6.45. The van der Waals surface area contributed by atoms with Crippen molar-refractivity contribution in [1.29, 1.82) is 0 Å². The fourth-order valence-corrected chi connectivity index (χ4v) is 4.53. The van der Waals surface area contributed by atoms with Crippen LogP contribution in [0.5, 0.6) is 0 Å². The summed E-state index contributed by atoms with van der Waals surface area (Å²) in [5.74, 6) is -2.45. The van der Waals surface area contributed by atoms with E-state index in [0.29, 0.717) is 16.9 Å². The van der Waals surface area contributed by atoms with Crippen LogP contribution in [0.15, 0.2) is 34.0 Å². The maximum atomic E-state index is 12.4. The molecule has 0 bridgehead atoms. The Hall–Kier alpha value is -2.09. The zero-order valence-corrected chi connectivity index (χ0v) is 17.9. The Bertz CT molecular complexity index is 965. The molecule has 166 valence electrons. The van der Waals surface area contributed by atoms with Crippen LogP contribution in [0.1, 0.15) is 6.42 Å². The summed E-state index contributed by atoms with van der Waals surface area (Å²) in [6.07, 6.45) is -4.04. The van der Waals surface area contributed by atoms with E-state index in [1.807, 2.05) is 7.05 Å². The number of carbonyl (C=O) groups is 1. The summed E-state index contributed by atoms with van der Waals surface area (Å²) in [6, 6.07) is 5.15. The Kier molecular flexibility index (Phi) is 7.91. The Morgan fingerprint density at radius 3 is 2.57 bits per heavy atom. The number of carboxylic acids is 1. The number of nitrogens with one attached hydrogen (secondary N) is 2. The molecule has 1 aliphatic rings. The number of aliphatic carboxylic acids is 1. The minimum Gasteiger partial charge on any atom is -0.475 e. The number of hydrogen-bond acceptors (Lipinski definition) is 7. The molecule has 1 unspecified atom stereocenters. The number of sulfonamides is 1. The van der Waals surface area contributed by atoms with Gasteiger partial charge in [0.15, 0.2) is 5.82 Å². The smallest absolute Gasteiger partial charge is 0.475 e. The molecule has 8 nitrogen and oxygen atoms in total. The van der Waals surface area contributed by atoms with E-state index in [1.54, 1.807) is 23.0 Å². The average molecular weight is 487 g/mol. The van der Waals surface area contributed by atoms with E-state index in [1.165, 1.54) is 17.4 Å². The highest BCUT2D eigenvalue weighted by Crippen LogP contribution is 2.30. The van der Waals surface area contributed by atoms with Crippen LogP contribution in [0.3, 0.4) is 0 Å². The van der Waals surface area contributed by atoms with Gasteiger partial charge in [0.2, 0.25) is 0 Å². The molecule has 2 heterocycles. The summed E-state index contributed by atoms with van der Waals surface area (Å²) in [7, 11) is -1.72. The van der Waals surface area contributed by atoms with Gasteiger partial charge in [-0.15, -0.1) is 11.3 Å². The number of likely N-dealkylation sites (N-methyl/N-ethyl adjacent to an activating group) is 1. The average Bonchev–Trinajstić information content (AvgIpc) is 3.34. The second-order valence-corrected chi connectivity index (χ2v) is 8.96. The molecule has 3 N–H and O–H groups in total. The highest BCUT2D eigenvalue weighted by atomic mass is 35.5. The molecule has 30 heavy (non-hydrogen) atoms. The van der Waals surface area contributed by atoms with Gasteiger partial charge in [-0.25, -0.2) is 18.2 Å². The Morgan fingerprint density at radius 1 is 1.43 bits per heavy atom. The predicted molar refractivity (Wildman–Crippen MR) is 108 cm³/mol. The first kappa shape index (κ1) is 24.2. The number of halogens is 4. The molecule has 1 aromatic heterocycles. The SMILES string of the molecule is CN(c1ccc(S(=O)(=O)Nc2cscn2)cc1Cl)C1CCNC1.O=C(O)C(F)(F)F. The first-order valence-electron chi connectivity index (χ1n) is 8.36. The van der Waals surface area contributed by atoms with Gasteiger partial charge in [0.25, 0.3) is 10.0 Å². The molecule has 1 atom stereocenters. The molecule has 1 aromatic carbocycles. The van der Waals surface area contributed by atoms with E-state index in [0.717, 1.165) is 25.2 Å². The van der Waals surface area contributed by atoms with Crippen molar-refractivity contribution in [3.05, 3.63) is 34.1 Å². The number of thiazole rings is 1. The van der Waals surface area contributed by atoms with Crippen LogP contribution in [0, 0.1) is 0 Å². The van der Waals surface area contributed by atoms with Crippen LogP contribution in [0.4, 0.5) is 24.7 Å². The molecular weight excluding hydrogens is 469 g/mol. The maximum Gasteiger partial charge on any atom is 0.490 e. The lowest BCUT2D eigenvalue weighted by atomic mass is 10.2. The van der Waals surface area contributed by atoms with Crippen LogP contribution in [-0.2, 0) is 14.8 Å². The fourth-order valence-electron chi connectivity index (χ4n) is 2.57. The normalized spacial score (nSPS) is 16.5. The van der Waals surface area contributed by atoms with Gasteiger partial charge >= 0.3 is 12.1 Å². The number of aromatic nitrogens is 1. The van der Waals surface area contributed by atoms with E-state index in [4.69, 9.17) is 21.5 Å². The van der Waals surface area contributed by atoms with Crippen molar-refractivity contribution in [1.82, 2.24) is 10.3 Å². The molecule has 0 spiro atoms. The van der Waals surface area contributed by atoms with Gasteiger partial charge in [-0.05, 0) is 31.2 Å². The lowest BCUT2D eigenvalue weighted by Gasteiger charge is -2.27. The van der Waals surface area contributed by atoms with Crippen molar-refractivity contribution in [3.63, 3.8) is 0 Å². The van der Waals surface area contributed by atoms with Crippen molar-refractivity contribution in [2.45, 2.75) is 23.5 Å². The summed E-state index contributed by atoms with van der Waals surface area (Å²) in [5.41, 5.74) is 2.39. The second kappa shape index (κ2) is 9.81. The first-order chi connectivity index (χ1) is 13.9. The molecule has 1 aliphatic heterocycles. The van der Waals surface area contributed by atoms with Gasteiger partial charge in [0, 0.05) is 25.0 Å². The van der Waals surface area contributed by atoms with Gasteiger partial charge in [-0.3, -0.25) is 4.72 Å². The molecule has 0 aliphatic carbocycles. The van der Waals surface area contributed by atoms with Crippen molar-refractivity contribution in [2.75, 3.05) is 29.8 Å². The van der Waals surface area contributed by atoms with E-state index < -0.39 is 22.2 Å². The van der Waals surface area contributed by atoms with Gasteiger partial charge in [0.05, 0.1) is 21.1 Å². The van der Waals surface area contributed by atoms with Gasteiger partial charge in [-0.1, -0.05) is 11.6 Å². The first-order valence-corrected chi connectivity index (χ1v) is 11.2. The van der Waals surface area contributed by atoms with Crippen LogP contribution in [-0.4, -0.2) is 56.8 Å². The Labute approximate surface area is 179 Å². The molecule has 0 saturated carbocycles. The number of benzene rings is 1. The zero-order chi connectivity index (χ0) is 22.5. The largest absolute Gasteiger partial charge is 0.490 e. The second-order valence-electron chi connectivity index (χ2n) is 6.15. The lowest BCUT2D eigenvalue weighted by molar-refractivity contribution is -0.192. The third-order valence-corrected chi connectivity index (χ3v) is 6.35. The highest BCUT2D eigenvalue weighted by Gasteiger charge is 2.38. The monoisotopic (exact) mass is 486 g/mol. The number of hydrogen-bond donors (Lipinski definition) is 3. The number of rotatable bonds is 5. The molecule has 3 rings (SSSR count). The number of carboxylic acid groups (broad SMARTS) is 1. The summed E-state index contributed by atoms with van der Waals surface area (Å²) < 4.78 is 58.9. The number of nitrogens with zero attached hydrogens (tertiary/aromatic N) is 2. The topological polar surface area (TPSA) is 112 Å². The Balaban J connectivity index is 0.000000396. The van der Waals surface area contributed by atoms with Crippen LogP contribution in [0.25, 0.3) is 0 Å². The molecule has 2 aromatic rings. The van der Waals surface area contributed by atoms with Crippen molar-refractivity contribution >= 4 is 50.4 Å². The van der Waals surface area contributed by atoms with Gasteiger partial charge < -0.3 is 15.3 Å². The summed E-state index contributed by atoms with van der Waals surface area (Å²) >= 11 is 7.65. The van der Waals surface area contributed by atoms with Crippen molar-refractivity contribution < 1.29 is 31.5 Å². The quantitative estimate of drug-likeness (QED) is 0.595. The van der Waals surface area contributed by atoms with Crippen molar-refractivity contribution in [2.24, 2.45) is 0 Å². The van der Waals surface area contributed by atoms with Crippen LogP contribution in [0.2, 0.25) is 5.02 Å². The Morgan fingerprint density at radius 2 is 2.10 bits per heavy atom. The fraction of sp³-hybridized carbons (Fsp3) is 0.375. The minimum atomic E-state index is -5.08. The molecule has 0 radical (unpaired) electrons.